The maximum Gasteiger partial charge on any atom is 4.00 e. The molecule has 1 aliphatic rings. The molecule has 1 fully saturated rings. The molecule has 2 atom stereocenters. The molecule has 1 aliphatic carbocycles. The fourth-order valence-corrected chi connectivity index (χ4v) is 2.48. The molecule has 1 unspecified atom stereocenters. The maximum absolute atomic E-state index is 4.05. The van der Waals surface area contributed by atoms with Gasteiger partial charge in [0.2, 0.25) is 0 Å². The van der Waals surface area contributed by atoms with E-state index in [4.69, 9.17) is 0 Å². The van der Waals surface area contributed by atoms with Crippen LogP contribution in [-0.2, 0) is 26.2 Å². The topological polar surface area (TPSA) is 42.3 Å². The molecule has 0 radical (unpaired) electrons. The summed E-state index contributed by atoms with van der Waals surface area (Å²) >= 11 is 1.73. The minimum absolute atomic E-state index is 0. The molecule has 0 amide bonds. The second-order valence-electron chi connectivity index (χ2n) is 4.04. The normalized spacial score (nSPS) is 20.3. The fraction of sp³-hybridized carbons (Fsp3) is 0.923. The predicted octanol–water partition coefficient (Wildman–Crippen LogP) is 4.76. The van der Waals surface area contributed by atoms with E-state index < -0.39 is 0 Å². The molecule has 0 aromatic rings. The van der Waals surface area contributed by atoms with E-state index in [1.807, 2.05) is 7.05 Å². The van der Waals surface area contributed by atoms with Crippen molar-refractivity contribution >= 4 is 11.9 Å². The van der Waals surface area contributed by atoms with Crippen LogP contribution < -0.4 is 0 Å². The van der Waals surface area contributed by atoms with Crippen LogP contribution in [0.1, 0.15) is 26.2 Å². The fourth-order valence-electron chi connectivity index (χ4n) is 1.64. The van der Waals surface area contributed by atoms with Crippen LogP contribution >= 0.6 is 11.9 Å². The standard InChI is InChI=1S/C8H16NS.2C2H6N.CH3.Zr/c1-7-4-3-5-8(7)6-10-9-2;2*1-3-2;;/h7-8H,3-6H2,1-2H3;2*1-2H3;1H3;/q4*-1;+4/t7-,8?;;;;/m0..../s1. The Kier molecular flexibility index (Phi) is 35.4. The average molecular weight is 353 g/mol. The Morgan fingerprint density at radius 2 is 1.44 bits per heavy atom. The second-order valence-corrected chi connectivity index (χ2v) is 5.00. The molecule has 3 nitrogen and oxygen atoms in total. The van der Waals surface area contributed by atoms with E-state index in [1.165, 1.54) is 25.0 Å². The summed E-state index contributed by atoms with van der Waals surface area (Å²) in [6.45, 7) is 2.37. The second kappa shape index (κ2) is 23.2. The molecule has 1 saturated carbocycles. The largest absolute Gasteiger partial charge is 4.00 e. The van der Waals surface area contributed by atoms with E-state index in [0.29, 0.717) is 0 Å². The zero-order chi connectivity index (χ0) is 12.8. The first-order valence-electron chi connectivity index (χ1n) is 5.84. The first-order chi connectivity index (χ1) is 7.67. The van der Waals surface area contributed by atoms with Crippen molar-refractivity contribution in [3.05, 3.63) is 22.8 Å². The first kappa shape index (κ1) is 27.5. The van der Waals surface area contributed by atoms with Crippen molar-refractivity contribution in [1.29, 1.82) is 0 Å². The summed E-state index contributed by atoms with van der Waals surface area (Å²) in [6, 6.07) is 0. The van der Waals surface area contributed by atoms with Crippen molar-refractivity contribution in [2.45, 2.75) is 26.2 Å². The third-order valence-corrected chi connectivity index (χ3v) is 3.29. The molecule has 18 heavy (non-hydrogen) atoms. The van der Waals surface area contributed by atoms with Crippen LogP contribution in [0.2, 0.25) is 0 Å². The Hall–Kier alpha value is 1.11. The van der Waals surface area contributed by atoms with Crippen LogP contribution in [-0.4, -0.2) is 41.0 Å². The third kappa shape index (κ3) is 19.5. The van der Waals surface area contributed by atoms with Crippen LogP contribution in [0.3, 0.4) is 0 Å². The molecule has 0 aromatic carbocycles. The minimum atomic E-state index is 0. The van der Waals surface area contributed by atoms with Crippen molar-refractivity contribution in [2.75, 3.05) is 41.0 Å². The molecule has 5 heteroatoms. The quantitative estimate of drug-likeness (QED) is 0.533. The van der Waals surface area contributed by atoms with Crippen molar-refractivity contribution < 1.29 is 26.2 Å². The van der Waals surface area contributed by atoms with Crippen LogP contribution in [0.15, 0.2) is 0 Å². The summed E-state index contributed by atoms with van der Waals surface area (Å²) in [6.07, 6.45) is 4.31. The summed E-state index contributed by atoms with van der Waals surface area (Å²) in [5.74, 6) is 3.15. The summed E-state index contributed by atoms with van der Waals surface area (Å²) in [7, 11) is 8.88. The molecule has 0 bridgehead atoms. The third-order valence-electron chi connectivity index (χ3n) is 2.46. The summed E-state index contributed by atoms with van der Waals surface area (Å²) < 4.78 is 4.05. The smallest absolute Gasteiger partial charge is 0.668 e. The van der Waals surface area contributed by atoms with Gasteiger partial charge in [0.15, 0.2) is 0 Å². The van der Waals surface area contributed by atoms with E-state index in [9.17, 15) is 0 Å². The van der Waals surface area contributed by atoms with Gasteiger partial charge < -0.3 is 22.8 Å². The Morgan fingerprint density at radius 3 is 1.72 bits per heavy atom. The minimum Gasteiger partial charge on any atom is -0.668 e. The number of hydrogen-bond donors (Lipinski definition) is 0. The van der Waals surface area contributed by atoms with Gasteiger partial charge in [0.1, 0.15) is 0 Å². The zero-order valence-electron chi connectivity index (χ0n) is 13.2. The van der Waals surface area contributed by atoms with Gasteiger partial charge in [-0.25, -0.2) is 0 Å². The Labute approximate surface area is 139 Å². The van der Waals surface area contributed by atoms with Gasteiger partial charge in [-0.3, -0.25) is 11.9 Å². The van der Waals surface area contributed by atoms with Crippen LogP contribution in [0.4, 0.5) is 0 Å². The van der Waals surface area contributed by atoms with E-state index >= 15 is 0 Å². The van der Waals surface area contributed by atoms with Gasteiger partial charge in [-0.1, -0.05) is 19.8 Å². The van der Waals surface area contributed by atoms with Gasteiger partial charge in [-0.05, 0) is 24.0 Å². The van der Waals surface area contributed by atoms with Crippen molar-refractivity contribution in [1.82, 2.24) is 0 Å². The molecule has 0 saturated heterocycles. The Balaban J connectivity index is -0.000000106. The van der Waals surface area contributed by atoms with Crippen molar-refractivity contribution in [3.63, 3.8) is 0 Å². The van der Waals surface area contributed by atoms with E-state index in [2.05, 4.69) is 22.3 Å². The molecule has 0 N–H and O–H groups in total. The predicted molar refractivity (Wildman–Crippen MR) is 85.1 cm³/mol. The van der Waals surface area contributed by atoms with Gasteiger partial charge >= 0.3 is 26.2 Å². The Bertz CT molecular complexity index is 127. The molecule has 108 valence electrons. The first-order valence-corrected chi connectivity index (χ1v) is 6.79. The maximum atomic E-state index is 4.05. The monoisotopic (exact) mass is 351 g/mol. The van der Waals surface area contributed by atoms with Crippen LogP contribution in [0.25, 0.3) is 15.4 Å². The summed E-state index contributed by atoms with van der Waals surface area (Å²) in [4.78, 5) is 0. The van der Waals surface area contributed by atoms with Crippen LogP contribution in [0, 0.1) is 19.3 Å². The molecule has 1 rings (SSSR count). The van der Waals surface area contributed by atoms with Gasteiger partial charge in [-0.2, -0.15) is 35.2 Å². The van der Waals surface area contributed by atoms with Gasteiger partial charge in [0.05, 0.1) is 0 Å². The number of hydrogen-bond acceptors (Lipinski definition) is 1. The van der Waals surface area contributed by atoms with Gasteiger partial charge in [0, 0.05) is 0 Å². The number of nitrogens with zero attached hydrogens (tertiary/aromatic N) is 3. The van der Waals surface area contributed by atoms with Gasteiger partial charge in [0.25, 0.3) is 0 Å². The zero-order valence-corrected chi connectivity index (χ0v) is 16.5. The molecule has 0 spiro atoms. The van der Waals surface area contributed by atoms with E-state index in [-0.39, 0.29) is 33.6 Å². The molecule has 0 aromatic heterocycles. The average Bonchev–Trinajstić information content (AvgIpc) is 2.63. The van der Waals surface area contributed by atoms with E-state index in [0.717, 1.165) is 11.8 Å². The molecule has 0 aliphatic heterocycles. The van der Waals surface area contributed by atoms with Crippen molar-refractivity contribution in [2.24, 2.45) is 11.8 Å². The molecular formula is C13H31N3SZr. The molecular weight excluding hydrogens is 321 g/mol. The van der Waals surface area contributed by atoms with E-state index in [1.54, 1.807) is 40.1 Å². The Morgan fingerprint density at radius 1 is 1.00 bits per heavy atom. The SMILES string of the molecule is C[N-]C.C[N-]C.C[N-]SCC1CCC[C@@H]1C.[CH3-].[Zr+4]. The van der Waals surface area contributed by atoms with Gasteiger partial charge in [-0.15, -0.1) is 0 Å². The summed E-state index contributed by atoms with van der Waals surface area (Å²) in [5, 5.41) is 7.00. The molecule has 0 heterocycles. The summed E-state index contributed by atoms with van der Waals surface area (Å²) in [5.41, 5.74) is 0. The number of rotatable bonds is 3. The van der Waals surface area contributed by atoms with Crippen LogP contribution in [0.5, 0.6) is 0 Å². The van der Waals surface area contributed by atoms with Crippen molar-refractivity contribution in [3.8, 4) is 0 Å².